The Morgan fingerprint density at radius 3 is 2.61 bits per heavy atom. The predicted octanol–water partition coefficient (Wildman–Crippen LogP) is -1.83. The number of H-pyrrole nitrogens is 1. The van der Waals surface area contributed by atoms with Gasteiger partial charge in [0.25, 0.3) is 5.56 Å². The van der Waals surface area contributed by atoms with E-state index in [-0.39, 0.29) is 6.61 Å². The third kappa shape index (κ3) is 2.12. The molecule has 0 spiro atoms. The van der Waals surface area contributed by atoms with Gasteiger partial charge in [0.1, 0.15) is 11.5 Å². The van der Waals surface area contributed by atoms with Crippen LogP contribution in [-0.2, 0) is 0 Å². The number of aliphatic hydroxyl groups is 3. The number of nitrogens with one attached hydrogen (secondary N) is 1. The summed E-state index contributed by atoms with van der Waals surface area (Å²) in [4.78, 5) is 25.0. The summed E-state index contributed by atoms with van der Waals surface area (Å²) in [6, 6.07) is 0. The number of aliphatic hydroxyl groups excluding tert-OH is 3. The lowest BCUT2D eigenvalue weighted by Crippen LogP contribution is -2.38. The van der Waals surface area contributed by atoms with Gasteiger partial charge < -0.3 is 15.3 Å². The summed E-state index contributed by atoms with van der Waals surface area (Å²) in [6.45, 7) is 1.25. The summed E-state index contributed by atoms with van der Waals surface area (Å²) in [7, 11) is 0. The first-order chi connectivity index (χ1) is 8.45. The number of rotatable bonds is 2. The van der Waals surface area contributed by atoms with Crippen LogP contribution in [0.3, 0.4) is 0 Å². The molecule has 0 aromatic carbocycles. The Hall–Kier alpha value is -1.09. The summed E-state index contributed by atoms with van der Waals surface area (Å²) >= 11 is 1.10. The maximum absolute atomic E-state index is 11.7. The first kappa shape index (κ1) is 13.3. The summed E-state index contributed by atoms with van der Waals surface area (Å²) < 4.78 is 1.17. The van der Waals surface area contributed by atoms with Crippen molar-refractivity contribution < 1.29 is 15.3 Å². The standard InChI is InChI=1S/C10H14N2O5S/c1-4-2-12(10(17)11-8(4)16)9-7(15)6(14)5(3-13)18-9/h2,5-7,9,13-15H,3H2,1H3,(H,11,16,17)/t5-,6+,7-,9-/m0/s1. The number of hydrogen-bond acceptors (Lipinski definition) is 6. The van der Waals surface area contributed by atoms with Crippen molar-refractivity contribution in [3.8, 4) is 0 Å². The molecule has 7 nitrogen and oxygen atoms in total. The maximum atomic E-state index is 11.7. The van der Waals surface area contributed by atoms with Gasteiger partial charge in [0.05, 0.1) is 18.0 Å². The van der Waals surface area contributed by atoms with Gasteiger partial charge in [-0.05, 0) is 6.92 Å². The topological polar surface area (TPSA) is 116 Å². The normalized spacial score (nSPS) is 31.8. The van der Waals surface area contributed by atoms with Gasteiger partial charge in [0, 0.05) is 11.8 Å². The second-order valence-electron chi connectivity index (χ2n) is 4.21. The van der Waals surface area contributed by atoms with Crippen LogP contribution < -0.4 is 11.2 Å². The molecule has 18 heavy (non-hydrogen) atoms. The molecule has 1 saturated heterocycles. The van der Waals surface area contributed by atoms with Gasteiger partial charge in [-0.1, -0.05) is 0 Å². The zero-order valence-corrected chi connectivity index (χ0v) is 10.4. The first-order valence-electron chi connectivity index (χ1n) is 5.40. The Morgan fingerprint density at radius 1 is 1.39 bits per heavy atom. The van der Waals surface area contributed by atoms with Gasteiger partial charge in [0.2, 0.25) is 0 Å². The van der Waals surface area contributed by atoms with Crippen molar-refractivity contribution in [3.05, 3.63) is 32.6 Å². The summed E-state index contributed by atoms with van der Waals surface area (Å²) in [5, 5.41) is 27.3. The number of thioether (sulfide) groups is 1. The molecule has 0 bridgehead atoms. The van der Waals surface area contributed by atoms with Crippen molar-refractivity contribution in [3.63, 3.8) is 0 Å². The third-order valence-corrected chi connectivity index (χ3v) is 4.50. The van der Waals surface area contributed by atoms with Gasteiger partial charge in [-0.25, -0.2) is 4.79 Å². The molecule has 1 fully saturated rings. The van der Waals surface area contributed by atoms with E-state index in [1.165, 1.54) is 10.8 Å². The predicted molar refractivity (Wildman–Crippen MR) is 65.6 cm³/mol. The minimum atomic E-state index is -1.17. The average Bonchev–Trinajstić information content (AvgIpc) is 2.61. The molecule has 0 unspecified atom stereocenters. The molecule has 0 saturated carbocycles. The highest BCUT2D eigenvalue weighted by atomic mass is 32.2. The Kier molecular flexibility index (Phi) is 3.62. The maximum Gasteiger partial charge on any atom is 0.329 e. The van der Waals surface area contributed by atoms with Crippen molar-refractivity contribution >= 4 is 11.8 Å². The number of aromatic nitrogens is 2. The van der Waals surface area contributed by atoms with Gasteiger partial charge >= 0.3 is 5.69 Å². The Bertz CT molecular complexity index is 554. The number of aryl methyl sites for hydroxylation is 1. The highest BCUT2D eigenvalue weighted by Gasteiger charge is 2.43. The molecule has 1 aliphatic rings. The number of hydrogen-bond donors (Lipinski definition) is 4. The number of aromatic amines is 1. The molecule has 2 rings (SSSR count). The lowest BCUT2D eigenvalue weighted by atomic mass is 10.1. The van der Waals surface area contributed by atoms with Crippen LogP contribution in [-0.4, -0.2) is 48.9 Å². The molecule has 100 valence electrons. The van der Waals surface area contributed by atoms with E-state index in [2.05, 4.69) is 4.98 Å². The molecule has 0 amide bonds. The molecule has 8 heteroatoms. The van der Waals surface area contributed by atoms with Crippen LogP contribution in [0.15, 0.2) is 15.8 Å². The molecule has 0 aliphatic carbocycles. The Labute approximate surface area is 106 Å². The van der Waals surface area contributed by atoms with Crippen molar-refractivity contribution in [1.29, 1.82) is 0 Å². The molecular weight excluding hydrogens is 260 g/mol. The smallest absolute Gasteiger partial charge is 0.329 e. The Balaban J connectivity index is 2.42. The lowest BCUT2D eigenvalue weighted by molar-refractivity contribution is 0.0101. The van der Waals surface area contributed by atoms with Gasteiger partial charge in [-0.3, -0.25) is 14.3 Å². The SMILES string of the molecule is Cc1cn([C@H]2S[C@@H](CO)[C@@H](O)[C@@H]2O)c(=O)[nH]c1=O. The molecular formula is C10H14N2O5S. The third-order valence-electron chi connectivity index (χ3n) is 2.94. The molecule has 1 aliphatic heterocycles. The first-order valence-corrected chi connectivity index (χ1v) is 6.34. The highest BCUT2D eigenvalue weighted by molar-refractivity contribution is 8.00. The quantitative estimate of drug-likeness (QED) is 0.504. The van der Waals surface area contributed by atoms with Crippen LogP contribution >= 0.6 is 11.8 Å². The molecule has 1 aromatic rings. The van der Waals surface area contributed by atoms with Crippen LogP contribution in [0.1, 0.15) is 10.9 Å². The fourth-order valence-corrected chi connectivity index (χ4v) is 3.26. The molecule has 1 aromatic heterocycles. The lowest BCUT2D eigenvalue weighted by Gasteiger charge is -2.17. The van der Waals surface area contributed by atoms with Crippen LogP contribution in [0.5, 0.6) is 0 Å². The van der Waals surface area contributed by atoms with E-state index in [4.69, 9.17) is 5.11 Å². The van der Waals surface area contributed by atoms with Crippen molar-refractivity contribution in [2.45, 2.75) is 29.8 Å². The average molecular weight is 274 g/mol. The fourth-order valence-electron chi connectivity index (χ4n) is 1.88. The van der Waals surface area contributed by atoms with Gasteiger partial charge in [-0.2, -0.15) is 0 Å². The van der Waals surface area contributed by atoms with E-state index in [1.807, 2.05) is 0 Å². The van der Waals surface area contributed by atoms with Crippen LogP contribution in [0.2, 0.25) is 0 Å². The van der Waals surface area contributed by atoms with E-state index in [9.17, 15) is 19.8 Å². The Morgan fingerprint density at radius 2 is 2.06 bits per heavy atom. The van der Waals surface area contributed by atoms with E-state index < -0.39 is 34.1 Å². The van der Waals surface area contributed by atoms with Crippen molar-refractivity contribution in [1.82, 2.24) is 9.55 Å². The minimum Gasteiger partial charge on any atom is -0.395 e. The van der Waals surface area contributed by atoms with Gasteiger partial charge in [-0.15, -0.1) is 11.8 Å². The zero-order chi connectivity index (χ0) is 13.4. The monoisotopic (exact) mass is 274 g/mol. The van der Waals surface area contributed by atoms with Crippen molar-refractivity contribution in [2.24, 2.45) is 0 Å². The van der Waals surface area contributed by atoms with E-state index in [0.29, 0.717) is 5.56 Å². The van der Waals surface area contributed by atoms with E-state index >= 15 is 0 Å². The minimum absolute atomic E-state index is 0.295. The number of nitrogens with zero attached hydrogens (tertiary/aromatic N) is 1. The van der Waals surface area contributed by atoms with Gasteiger partial charge in [0.15, 0.2) is 0 Å². The summed E-state index contributed by atoms with van der Waals surface area (Å²) in [5.74, 6) is 0. The summed E-state index contributed by atoms with van der Waals surface area (Å²) in [5.41, 5.74) is -0.787. The fraction of sp³-hybridized carbons (Fsp3) is 0.600. The molecule has 4 atom stereocenters. The second-order valence-corrected chi connectivity index (χ2v) is 5.57. The van der Waals surface area contributed by atoms with Crippen LogP contribution in [0, 0.1) is 6.92 Å². The molecule has 4 N–H and O–H groups in total. The van der Waals surface area contributed by atoms with Crippen LogP contribution in [0.4, 0.5) is 0 Å². The van der Waals surface area contributed by atoms with Crippen LogP contribution in [0.25, 0.3) is 0 Å². The van der Waals surface area contributed by atoms with Crippen molar-refractivity contribution in [2.75, 3.05) is 6.61 Å². The second kappa shape index (κ2) is 4.88. The summed E-state index contributed by atoms with van der Waals surface area (Å²) in [6.07, 6.45) is -0.937. The highest BCUT2D eigenvalue weighted by Crippen LogP contribution is 2.40. The van der Waals surface area contributed by atoms with E-state index in [1.54, 1.807) is 6.92 Å². The molecule has 0 radical (unpaired) electrons. The molecule has 2 heterocycles. The largest absolute Gasteiger partial charge is 0.395 e. The van der Waals surface area contributed by atoms with E-state index in [0.717, 1.165) is 11.8 Å². The zero-order valence-electron chi connectivity index (χ0n) is 9.61.